The Labute approximate surface area is 120 Å². The molecule has 0 nitrogen and oxygen atoms in total. The summed E-state index contributed by atoms with van der Waals surface area (Å²) in [6.07, 6.45) is -1.19. The molecular formula is C17H25F3. The fourth-order valence-corrected chi connectivity index (χ4v) is 2.45. The average molecular weight is 286 g/mol. The van der Waals surface area contributed by atoms with E-state index in [1.165, 1.54) is 18.6 Å². The van der Waals surface area contributed by atoms with Crippen molar-refractivity contribution >= 4 is 0 Å². The lowest BCUT2D eigenvalue weighted by Crippen LogP contribution is -2.16. The Morgan fingerprint density at radius 1 is 0.950 bits per heavy atom. The van der Waals surface area contributed by atoms with Crippen molar-refractivity contribution in [2.45, 2.75) is 53.1 Å². The number of alkyl halides is 3. The van der Waals surface area contributed by atoms with Gasteiger partial charge in [0.25, 0.3) is 0 Å². The summed E-state index contributed by atoms with van der Waals surface area (Å²) >= 11 is 0. The summed E-state index contributed by atoms with van der Waals surface area (Å²) < 4.78 is 37.4. The molecule has 1 aromatic carbocycles. The van der Waals surface area contributed by atoms with Crippen LogP contribution in [0, 0.1) is 17.8 Å². The molecule has 1 rings (SSSR count). The Morgan fingerprint density at radius 2 is 1.50 bits per heavy atom. The molecule has 20 heavy (non-hydrogen) atoms. The van der Waals surface area contributed by atoms with Crippen LogP contribution in [0.3, 0.4) is 0 Å². The first kappa shape index (κ1) is 17.1. The van der Waals surface area contributed by atoms with Crippen LogP contribution in [0.5, 0.6) is 0 Å². The van der Waals surface area contributed by atoms with Crippen LogP contribution in [0.4, 0.5) is 13.2 Å². The molecule has 114 valence electrons. The van der Waals surface area contributed by atoms with Gasteiger partial charge in [-0.25, -0.2) is 0 Å². The van der Waals surface area contributed by atoms with Crippen LogP contribution < -0.4 is 0 Å². The van der Waals surface area contributed by atoms with Crippen LogP contribution in [0.15, 0.2) is 24.3 Å². The lowest BCUT2D eigenvalue weighted by Gasteiger charge is -2.25. The number of hydrogen-bond acceptors (Lipinski definition) is 0. The number of hydrogen-bond donors (Lipinski definition) is 0. The van der Waals surface area contributed by atoms with Gasteiger partial charge in [-0.15, -0.1) is 0 Å². The van der Waals surface area contributed by atoms with Crippen molar-refractivity contribution in [3.05, 3.63) is 35.4 Å². The number of aryl methyl sites for hydroxylation is 1. The largest absolute Gasteiger partial charge is 0.416 e. The summed E-state index contributed by atoms with van der Waals surface area (Å²) in [6, 6.07) is 5.56. The van der Waals surface area contributed by atoms with Gasteiger partial charge in [-0.1, -0.05) is 46.2 Å². The van der Waals surface area contributed by atoms with Crippen molar-refractivity contribution in [3.63, 3.8) is 0 Å². The molecular weight excluding hydrogens is 261 g/mol. The van der Waals surface area contributed by atoms with Crippen LogP contribution in [0.1, 0.15) is 51.7 Å². The molecule has 0 bridgehead atoms. The quantitative estimate of drug-likeness (QED) is 0.605. The third-order valence-corrected chi connectivity index (χ3v) is 4.61. The smallest absolute Gasteiger partial charge is 0.166 e. The zero-order chi connectivity index (χ0) is 15.3. The Kier molecular flexibility index (Phi) is 6.09. The molecule has 0 spiro atoms. The molecule has 0 saturated heterocycles. The zero-order valence-electron chi connectivity index (χ0n) is 12.8. The summed E-state index contributed by atoms with van der Waals surface area (Å²) in [5.74, 6) is 1.93. The van der Waals surface area contributed by atoms with Gasteiger partial charge in [0.15, 0.2) is 0 Å². The zero-order valence-corrected chi connectivity index (χ0v) is 12.8. The summed E-state index contributed by atoms with van der Waals surface area (Å²) in [5.41, 5.74) is 0.420. The maximum Gasteiger partial charge on any atom is 0.416 e. The second-order valence-electron chi connectivity index (χ2n) is 5.96. The molecule has 0 aliphatic carbocycles. The highest BCUT2D eigenvalue weighted by atomic mass is 19.4. The Balaban J connectivity index is 2.54. The third kappa shape index (κ3) is 4.84. The highest BCUT2D eigenvalue weighted by Gasteiger charge is 2.29. The van der Waals surface area contributed by atoms with Gasteiger partial charge in [0.1, 0.15) is 0 Å². The van der Waals surface area contributed by atoms with Gasteiger partial charge in [0.05, 0.1) is 5.56 Å². The maximum absolute atomic E-state index is 12.5. The summed E-state index contributed by atoms with van der Waals surface area (Å²) in [4.78, 5) is 0. The second-order valence-corrected chi connectivity index (χ2v) is 5.96. The average Bonchev–Trinajstić information content (AvgIpc) is 2.42. The molecule has 0 aromatic heterocycles. The molecule has 0 amide bonds. The second kappa shape index (κ2) is 7.14. The minimum Gasteiger partial charge on any atom is -0.166 e. The van der Waals surface area contributed by atoms with E-state index in [9.17, 15) is 13.2 Å². The van der Waals surface area contributed by atoms with Gasteiger partial charge in [-0.05, 0) is 48.3 Å². The van der Waals surface area contributed by atoms with Crippen LogP contribution in [0.2, 0.25) is 0 Å². The molecule has 0 heterocycles. The molecule has 1 aromatic rings. The van der Waals surface area contributed by atoms with E-state index in [1.807, 2.05) is 0 Å². The van der Waals surface area contributed by atoms with Crippen molar-refractivity contribution in [1.29, 1.82) is 0 Å². The molecule has 0 saturated carbocycles. The predicted molar refractivity (Wildman–Crippen MR) is 77.5 cm³/mol. The van der Waals surface area contributed by atoms with Gasteiger partial charge in [-0.3, -0.25) is 0 Å². The van der Waals surface area contributed by atoms with E-state index in [1.54, 1.807) is 12.1 Å². The van der Waals surface area contributed by atoms with E-state index in [-0.39, 0.29) is 0 Å². The van der Waals surface area contributed by atoms with Crippen molar-refractivity contribution in [2.24, 2.45) is 17.8 Å². The highest BCUT2D eigenvalue weighted by Crippen LogP contribution is 2.30. The summed E-state index contributed by atoms with van der Waals surface area (Å²) in [7, 11) is 0. The topological polar surface area (TPSA) is 0 Å². The van der Waals surface area contributed by atoms with Gasteiger partial charge >= 0.3 is 6.18 Å². The SMILES string of the molecule is CCC(C)C(C)C(C)CCc1ccc(C(F)(F)F)cc1. The molecule has 0 aliphatic heterocycles. The fraction of sp³-hybridized carbons (Fsp3) is 0.647. The molecule has 0 fully saturated rings. The number of rotatable bonds is 6. The van der Waals surface area contributed by atoms with Gasteiger partial charge in [0.2, 0.25) is 0 Å². The van der Waals surface area contributed by atoms with Crippen LogP contribution in [0.25, 0.3) is 0 Å². The molecule has 0 radical (unpaired) electrons. The first-order chi connectivity index (χ1) is 9.25. The standard InChI is InChI=1S/C17H25F3/c1-5-12(2)14(4)13(3)6-7-15-8-10-16(11-9-15)17(18,19)20/h8-14H,5-7H2,1-4H3. The molecule has 0 N–H and O–H groups in total. The number of benzene rings is 1. The van der Waals surface area contributed by atoms with E-state index in [2.05, 4.69) is 27.7 Å². The monoisotopic (exact) mass is 286 g/mol. The van der Waals surface area contributed by atoms with Crippen LogP contribution in [-0.2, 0) is 12.6 Å². The predicted octanol–water partition coefficient (Wildman–Crippen LogP) is 5.96. The molecule has 3 heteroatoms. The Hall–Kier alpha value is -0.990. The molecule has 3 atom stereocenters. The van der Waals surface area contributed by atoms with E-state index in [0.717, 1.165) is 18.4 Å². The van der Waals surface area contributed by atoms with E-state index in [0.29, 0.717) is 17.8 Å². The Bertz CT molecular complexity index is 392. The van der Waals surface area contributed by atoms with Gasteiger partial charge in [0, 0.05) is 0 Å². The van der Waals surface area contributed by atoms with Gasteiger partial charge < -0.3 is 0 Å². The van der Waals surface area contributed by atoms with Crippen LogP contribution in [-0.4, -0.2) is 0 Å². The lowest BCUT2D eigenvalue weighted by molar-refractivity contribution is -0.137. The first-order valence-electron chi connectivity index (χ1n) is 7.41. The minimum atomic E-state index is -4.24. The van der Waals surface area contributed by atoms with Crippen molar-refractivity contribution in [3.8, 4) is 0 Å². The Morgan fingerprint density at radius 3 is 1.95 bits per heavy atom. The van der Waals surface area contributed by atoms with E-state index >= 15 is 0 Å². The maximum atomic E-state index is 12.5. The van der Waals surface area contributed by atoms with Crippen molar-refractivity contribution in [1.82, 2.24) is 0 Å². The van der Waals surface area contributed by atoms with E-state index < -0.39 is 11.7 Å². The van der Waals surface area contributed by atoms with E-state index in [4.69, 9.17) is 0 Å². The first-order valence-corrected chi connectivity index (χ1v) is 7.41. The highest BCUT2D eigenvalue weighted by molar-refractivity contribution is 5.24. The summed E-state index contributed by atoms with van der Waals surface area (Å²) in [6.45, 7) is 8.97. The lowest BCUT2D eigenvalue weighted by atomic mass is 9.81. The normalized spacial score (nSPS) is 16.8. The summed E-state index contributed by atoms with van der Waals surface area (Å²) in [5, 5.41) is 0. The third-order valence-electron chi connectivity index (χ3n) is 4.61. The van der Waals surface area contributed by atoms with Crippen molar-refractivity contribution < 1.29 is 13.2 Å². The minimum absolute atomic E-state index is 0.567. The molecule has 0 aliphatic rings. The van der Waals surface area contributed by atoms with Gasteiger partial charge in [-0.2, -0.15) is 13.2 Å². The number of halogens is 3. The molecule has 3 unspecified atom stereocenters. The van der Waals surface area contributed by atoms with Crippen LogP contribution >= 0.6 is 0 Å². The van der Waals surface area contributed by atoms with Crippen molar-refractivity contribution in [2.75, 3.05) is 0 Å². The fourth-order valence-electron chi connectivity index (χ4n) is 2.45.